The van der Waals surface area contributed by atoms with E-state index in [1.54, 1.807) is 0 Å². The molecular formula is C11H17F3N2O5. The van der Waals surface area contributed by atoms with Crippen molar-refractivity contribution in [3.05, 3.63) is 0 Å². The summed E-state index contributed by atoms with van der Waals surface area (Å²) in [6.07, 6.45) is -5.01. The van der Waals surface area contributed by atoms with E-state index >= 15 is 0 Å². The van der Waals surface area contributed by atoms with Crippen molar-refractivity contribution < 1.29 is 37.7 Å². The van der Waals surface area contributed by atoms with Crippen molar-refractivity contribution in [3.63, 3.8) is 0 Å². The fourth-order valence-corrected chi connectivity index (χ4v) is 2.04. The number of nitrogens with zero attached hydrogens (tertiary/aromatic N) is 2. The van der Waals surface area contributed by atoms with E-state index in [2.05, 4.69) is 0 Å². The van der Waals surface area contributed by atoms with Crippen LogP contribution in [0.4, 0.5) is 18.0 Å². The Morgan fingerprint density at radius 3 is 2.57 bits per heavy atom. The van der Waals surface area contributed by atoms with Crippen LogP contribution in [0.25, 0.3) is 0 Å². The highest BCUT2D eigenvalue weighted by atomic mass is 19.4. The van der Waals surface area contributed by atoms with Crippen LogP contribution in [0.3, 0.4) is 0 Å². The van der Waals surface area contributed by atoms with E-state index in [1.165, 1.54) is 0 Å². The van der Waals surface area contributed by atoms with E-state index in [4.69, 9.17) is 14.9 Å². The molecule has 0 aromatic heterocycles. The van der Waals surface area contributed by atoms with Gasteiger partial charge >= 0.3 is 18.2 Å². The van der Waals surface area contributed by atoms with Gasteiger partial charge in [-0.2, -0.15) is 13.2 Å². The molecule has 21 heavy (non-hydrogen) atoms. The van der Waals surface area contributed by atoms with Crippen molar-refractivity contribution in [2.75, 3.05) is 39.5 Å². The normalized spacial score (nSPS) is 19.4. The smallest absolute Gasteiger partial charge is 0.406 e. The zero-order valence-electron chi connectivity index (χ0n) is 11.2. The van der Waals surface area contributed by atoms with Gasteiger partial charge in [0, 0.05) is 13.1 Å². The van der Waals surface area contributed by atoms with Crippen molar-refractivity contribution >= 4 is 12.0 Å². The molecule has 0 spiro atoms. The van der Waals surface area contributed by atoms with E-state index in [0.717, 1.165) is 4.90 Å². The molecular weight excluding hydrogens is 297 g/mol. The summed E-state index contributed by atoms with van der Waals surface area (Å²) < 4.78 is 42.4. The van der Waals surface area contributed by atoms with Crippen molar-refractivity contribution in [1.82, 2.24) is 9.80 Å². The number of hydrogen-bond acceptors (Lipinski definition) is 4. The summed E-state index contributed by atoms with van der Waals surface area (Å²) in [7, 11) is 0. The second kappa shape index (κ2) is 7.46. The first-order chi connectivity index (χ1) is 9.74. The number of hydrogen-bond donors (Lipinski definition) is 2. The van der Waals surface area contributed by atoms with Gasteiger partial charge in [-0.15, -0.1) is 0 Å². The summed E-state index contributed by atoms with van der Waals surface area (Å²) in [6, 6.07) is -1.77. The Labute approximate surface area is 118 Å². The average Bonchev–Trinajstić information content (AvgIpc) is 2.36. The molecule has 0 bridgehead atoms. The molecule has 0 aliphatic carbocycles. The lowest BCUT2D eigenvalue weighted by Gasteiger charge is -2.38. The molecule has 122 valence electrons. The summed E-state index contributed by atoms with van der Waals surface area (Å²) in [5.74, 6) is -1.17. The molecule has 0 aromatic rings. The van der Waals surface area contributed by atoms with E-state index in [-0.39, 0.29) is 19.8 Å². The maximum Gasteiger partial charge on any atom is 0.406 e. The molecule has 1 saturated heterocycles. The van der Waals surface area contributed by atoms with Crippen LogP contribution >= 0.6 is 0 Å². The number of alkyl halides is 3. The van der Waals surface area contributed by atoms with Gasteiger partial charge in [0.2, 0.25) is 0 Å². The van der Waals surface area contributed by atoms with Gasteiger partial charge in [-0.05, 0) is 0 Å². The third-order valence-electron chi connectivity index (χ3n) is 2.89. The van der Waals surface area contributed by atoms with Crippen LogP contribution in [0.15, 0.2) is 0 Å². The van der Waals surface area contributed by atoms with E-state index in [1.807, 2.05) is 0 Å². The van der Waals surface area contributed by atoms with Crippen LogP contribution in [0.2, 0.25) is 0 Å². The number of aliphatic hydroxyl groups excluding tert-OH is 1. The highest BCUT2D eigenvalue weighted by molar-refractivity contribution is 5.76. The molecule has 1 fully saturated rings. The fraction of sp³-hybridized carbons (Fsp3) is 0.818. The summed E-state index contributed by atoms with van der Waals surface area (Å²) >= 11 is 0. The molecule has 0 aromatic carbocycles. The highest BCUT2D eigenvalue weighted by Gasteiger charge is 2.37. The van der Waals surface area contributed by atoms with Crippen LogP contribution in [0.5, 0.6) is 0 Å². The third-order valence-corrected chi connectivity index (χ3v) is 2.89. The molecule has 2 N–H and O–H groups in total. The monoisotopic (exact) mass is 314 g/mol. The minimum Gasteiger partial charge on any atom is -0.481 e. The SMILES string of the molecule is O=C(O)CC1COCCN1C(=O)N(CCO)CC(F)(F)F. The number of ether oxygens (including phenoxy) is 1. The number of carbonyl (C=O) groups is 2. The zero-order chi connectivity index (χ0) is 16.0. The highest BCUT2D eigenvalue weighted by Crippen LogP contribution is 2.19. The number of carboxylic acid groups (broad SMARTS) is 1. The Bertz CT molecular complexity index is 377. The molecule has 0 saturated carbocycles. The zero-order valence-corrected chi connectivity index (χ0v) is 11.2. The molecule has 1 unspecified atom stereocenters. The van der Waals surface area contributed by atoms with Crippen molar-refractivity contribution in [1.29, 1.82) is 0 Å². The molecule has 1 aliphatic heterocycles. The predicted molar refractivity (Wildman–Crippen MR) is 63.7 cm³/mol. The summed E-state index contributed by atoms with van der Waals surface area (Å²) in [5.41, 5.74) is 0. The quantitative estimate of drug-likeness (QED) is 0.753. The second-order valence-corrected chi connectivity index (χ2v) is 4.56. The van der Waals surface area contributed by atoms with Gasteiger partial charge < -0.3 is 24.7 Å². The largest absolute Gasteiger partial charge is 0.481 e. The lowest BCUT2D eigenvalue weighted by atomic mass is 10.1. The number of halogens is 3. The summed E-state index contributed by atoms with van der Waals surface area (Å²) in [4.78, 5) is 24.4. The maximum atomic E-state index is 12.5. The topological polar surface area (TPSA) is 90.3 Å². The first kappa shape index (κ1) is 17.5. The van der Waals surface area contributed by atoms with E-state index < -0.39 is 50.3 Å². The lowest BCUT2D eigenvalue weighted by Crippen LogP contribution is -2.56. The number of aliphatic carboxylic acids is 1. The molecule has 1 heterocycles. The molecule has 7 nitrogen and oxygen atoms in total. The summed E-state index contributed by atoms with van der Waals surface area (Å²) in [6.45, 7) is -2.50. The maximum absolute atomic E-state index is 12.5. The van der Waals surface area contributed by atoms with E-state index in [9.17, 15) is 22.8 Å². The van der Waals surface area contributed by atoms with Crippen LogP contribution in [0.1, 0.15) is 6.42 Å². The molecule has 1 aliphatic rings. The van der Waals surface area contributed by atoms with Gasteiger partial charge in [0.05, 0.1) is 32.3 Å². The Balaban J connectivity index is 2.80. The minimum atomic E-state index is -4.60. The number of aliphatic hydroxyl groups is 1. The van der Waals surface area contributed by atoms with Crippen LogP contribution in [-0.4, -0.2) is 83.7 Å². The van der Waals surface area contributed by atoms with Crippen LogP contribution in [0, 0.1) is 0 Å². The standard InChI is InChI=1S/C11H17F3N2O5/c12-11(13,14)7-15(1-3-17)10(20)16-2-4-21-6-8(16)5-9(18)19/h8,17H,1-7H2,(H,18,19). The van der Waals surface area contributed by atoms with Gasteiger partial charge in [0.15, 0.2) is 0 Å². The number of amides is 2. The van der Waals surface area contributed by atoms with Gasteiger partial charge in [0.25, 0.3) is 0 Å². The van der Waals surface area contributed by atoms with Crippen LogP contribution in [-0.2, 0) is 9.53 Å². The molecule has 10 heteroatoms. The van der Waals surface area contributed by atoms with Crippen molar-refractivity contribution in [2.45, 2.75) is 18.6 Å². The van der Waals surface area contributed by atoms with Crippen molar-refractivity contribution in [3.8, 4) is 0 Å². The van der Waals surface area contributed by atoms with Gasteiger partial charge in [-0.3, -0.25) is 4.79 Å². The number of morpholine rings is 1. The van der Waals surface area contributed by atoms with E-state index in [0.29, 0.717) is 4.90 Å². The average molecular weight is 314 g/mol. The minimum absolute atomic E-state index is 0.0105. The Morgan fingerprint density at radius 2 is 2.05 bits per heavy atom. The molecule has 1 atom stereocenters. The lowest BCUT2D eigenvalue weighted by molar-refractivity contribution is -0.145. The van der Waals surface area contributed by atoms with Crippen LogP contribution < -0.4 is 0 Å². The van der Waals surface area contributed by atoms with Gasteiger partial charge in [-0.25, -0.2) is 4.79 Å². The fourth-order valence-electron chi connectivity index (χ4n) is 2.04. The third kappa shape index (κ3) is 5.76. The second-order valence-electron chi connectivity index (χ2n) is 4.56. The first-order valence-electron chi connectivity index (χ1n) is 6.27. The molecule has 2 amide bonds. The number of urea groups is 1. The number of rotatable bonds is 5. The first-order valence-corrected chi connectivity index (χ1v) is 6.27. The Morgan fingerprint density at radius 1 is 1.38 bits per heavy atom. The Hall–Kier alpha value is -1.55. The predicted octanol–water partition coefficient (Wildman–Crippen LogP) is 0.138. The number of carbonyl (C=O) groups excluding carboxylic acids is 1. The molecule has 1 rings (SSSR count). The number of carboxylic acids is 1. The Kier molecular flexibility index (Phi) is 6.21. The summed E-state index contributed by atoms with van der Waals surface area (Å²) in [5, 5.41) is 17.6. The molecule has 0 radical (unpaired) electrons. The van der Waals surface area contributed by atoms with Gasteiger partial charge in [-0.1, -0.05) is 0 Å². The van der Waals surface area contributed by atoms with Crippen molar-refractivity contribution in [2.24, 2.45) is 0 Å². The van der Waals surface area contributed by atoms with Gasteiger partial charge in [0.1, 0.15) is 6.54 Å².